The summed E-state index contributed by atoms with van der Waals surface area (Å²) in [6.45, 7) is 3.46. The molecule has 1 saturated carbocycles. The van der Waals surface area contributed by atoms with E-state index in [9.17, 15) is 4.79 Å². The minimum absolute atomic E-state index is 0.0617. The van der Waals surface area contributed by atoms with E-state index in [1.165, 1.54) is 0 Å². The van der Waals surface area contributed by atoms with Gasteiger partial charge in [-0.3, -0.25) is 4.79 Å². The lowest BCUT2D eigenvalue weighted by Gasteiger charge is -2.22. The Morgan fingerprint density at radius 3 is 2.73 bits per heavy atom. The molecule has 0 unspecified atom stereocenters. The molecule has 3 N–H and O–H groups in total. The van der Waals surface area contributed by atoms with Crippen LogP contribution in [0.15, 0.2) is 18.2 Å². The van der Waals surface area contributed by atoms with Crippen LogP contribution in [-0.2, 0) is 16.1 Å². The molecule has 5 nitrogen and oxygen atoms in total. The SMILES string of the molecule is COCCOc1cc(C)ccc1CNC(=O)C1(N)CCCC1. The van der Waals surface area contributed by atoms with Crippen molar-refractivity contribution >= 4 is 5.91 Å². The van der Waals surface area contributed by atoms with E-state index in [2.05, 4.69) is 5.32 Å². The predicted octanol–water partition coefficient (Wildman–Crippen LogP) is 1.91. The van der Waals surface area contributed by atoms with Gasteiger partial charge in [-0.05, 0) is 31.4 Å². The van der Waals surface area contributed by atoms with Crippen LogP contribution in [-0.4, -0.2) is 31.8 Å². The Balaban J connectivity index is 1.97. The first kappa shape index (κ1) is 16.8. The molecule has 0 aliphatic heterocycles. The first-order valence-electron chi connectivity index (χ1n) is 7.83. The van der Waals surface area contributed by atoms with E-state index in [1.54, 1.807) is 7.11 Å². The van der Waals surface area contributed by atoms with Gasteiger partial charge in [0.15, 0.2) is 0 Å². The van der Waals surface area contributed by atoms with E-state index in [0.717, 1.165) is 42.6 Å². The molecule has 0 heterocycles. The smallest absolute Gasteiger partial charge is 0.240 e. The van der Waals surface area contributed by atoms with Crippen molar-refractivity contribution in [2.24, 2.45) is 5.73 Å². The third-order valence-electron chi connectivity index (χ3n) is 4.16. The highest BCUT2D eigenvalue weighted by Crippen LogP contribution is 2.27. The molecule has 0 spiro atoms. The number of nitrogens with two attached hydrogens (primary N) is 1. The van der Waals surface area contributed by atoms with Crippen LogP contribution in [0.2, 0.25) is 0 Å². The van der Waals surface area contributed by atoms with Crippen LogP contribution < -0.4 is 15.8 Å². The maximum atomic E-state index is 12.3. The number of nitrogens with one attached hydrogen (secondary N) is 1. The fourth-order valence-electron chi connectivity index (χ4n) is 2.76. The molecule has 1 amide bonds. The topological polar surface area (TPSA) is 73.6 Å². The molecule has 1 fully saturated rings. The fraction of sp³-hybridized carbons (Fsp3) is 0.588. The Kier molecular flexibility index (Phi) is 5.80. The van der Waals surface area contributed by atoms with Crippen molar-refractivity contribution in [1.29, 1.82) is 0 Å². The third-order valence-corrected chi connectivity index (χ3v) is 4.16. The van der Waals surface area contributed by atoms with E-state index in [0.29, 0.717) is 19.8 Å². The van der Waals surface area contributed by atoms with Crippen LogP contribution in [0.4, 0.5) is 0 Å². The Morgan fingerprint density at radius 1 is 1.32 bits per heavy atom. The number of hydrogen-bond acceptors (Lipinski definition) is 4. The van der Waals surface area contributed by atoms with Gasteiger partial charge in [-0.15, -0.1) is 0 Å². The molecule has 1 aromatic rings. The first-order valence-corrected chi connectivity index (χ1v) is 7.83. The van der Waals surface area contributed by atoms with Crippen molar-refractivity contribution in [3.05, 3.63) is 29.3 Å². The second-order valence-electron chi connectivity index (χ2n) is 6.00. The molecule has 2 rings (SSSR count). The molecule has 1 aliphatic carbocycles. The summed E-state index contributed by atoms with van der Waals surface area (Å²) in [5.74, 6) is 0.725. The zero-order valence-corrected chi connectivity index (χ0v) is 13.5. The summed E-state index contributed by atoms with van der Waals surface area (Å²) >= 11 is 0. The third kappa shape index (κ3) is 4.21. The van der Waals surface area contributed by atoms with Gasteiger partial charge in [0.05, 0.1) is 12.1 Å². The van der Waals surface area contributed by atoms with Crippen LogP contribution in [0.25, 0.3) is 0 Å². The number of ether oxygens (including phenoxy) is 2. The number of rotatable bonds is 7. The maximum absolute atomic E-state index is 12.3. The zero-order valence-electron chi connectivity index (χ0n) is 13.5. The van der Waals surface area contributed by atoms with Crippen LogP contribution in [0.5, 0.6) is 5.75 Å². The second-order valence-corrected chi connectivity index (χ2v) is 6.00. The molecular weight excluding hydrogens is 280 g/mol. The van der Waals surface area contributed by atoms with Gasteiger partial charge in [-0.25, -0.2) is 0 Å². The number of carbonyl (C=O) groups excluding carboxylic acids is 1. The Morgan fingerprint density at radius 2 is 2.05 bits per heavy atom. The highest BCUT2D eigenvalue weighted by Gasteiger charge is 2.36. The average Bonchev–Trinajstić information content (AvgIpc) is 2.94. The molecule has 0 aromatic heterocycles. The van der Waals surface area contributed by atoms with Crippen LogP contribution >= 0.6 is 0 Å². The summed E-state index contributed by atoms with van der Waals surface area (Å²) in [6, 6.07) is 5.97. The summed E-state index contributed by atoms with van der Waals surface area (Å²) in [6.07, 6.45) is 3.59. The summed E-state index contributed by atoms with van der Waals surface area (Å²) in [5.41, 5.74) is 7.55. The molecule has 1 aromatic carbocycles. The Hall–Kier alpha value is -1.59. The van der Waals surface area contributed by atoms with Crippen LogP contribution in [0.1, 0.15) is 36.8 Å². The zero-order chi connectivity index (χ0) is 16.0. The van der Waals surface area contributed by atoms with Gasteiger partial charge in [-0.2, -0.15) is 0 Å². The molecule has 122 valence electrons. The standard InChI is InChI=1S/C17H26N2O3/c1-13-5-6-14(15(11-13)22-10-9-21-2)12-19-16(20)17(18)7-3-4-8-17/h5-6,11H,3-4,7-10,12,18H2,1-2H3,(H,19,20). The normalized spacial score (nSPS) is 16.5. The van der Waals surface area contributed by atoms with E-state index in [-0.39, 0.29) is 5.91 Å². The lowest BCUT2D eigenvalue weighted by atomic mass is 9.98. The second kappa shape index (κ2) is 7.61. The lowest BCUT2D eigenvalue weighted by molar-refractivity contribution is -0.126. The van der Waals surface area contributed by atoms with Crippen molar-refractivity contribution < 1.29 is 14.3 Å². The predicted molar refractivity (Wildman–Crippen MR) is 85.8 cm³/mol. The minimum atomic E-state index is -0.693. The van der Waals surface area contributed by atoms with Gasteiger partial charge < -0.3 is 20.5 Å². The molecule has 0 bridgehead atoms. The number of methoxy groups -OCH3 is 1. The van der Waals surface area contributed by atoms with Crippen LogP contribution in [0, 0.1) is 6.92 Å². The van der Waals surface area contributed by atoms with Gasteiger partial charge in [0.25, 0.3) is 0 Å². The van der Waals surface area contributed by atoms with Gasteiger partial charge in [0.1, 0.15) is 12.4 Å². The van der Waals surface area contributed by atoms with Gasteiger partial charge in [-0.1, -0.05) is 25.0 Å². The Bertz CT molecular complexity index is 511. The molecular formula is C17H26N2O3. The number of amides is 1. The van der Waals surface area contributed by atoms with Crippen molar-refractivity contribution in [1.82, 2.24) is 5.32 Å². The Labute approximate surface area is 132 Å². The number of benzene rings is 1. The van der Waals surface area contributed by atoms with Crippen molar-refractivity contribution in [3.63, 3.8) is 0 Å². The quantitative estimate of drug-likeness (QED) is 0.755. The maximum Gasteiger partial charge on any atom is 0.240 e. The number of hydrogen-bond donors (Lipinski definition) is 2. The van der Waals surface area contributed by atoms with Gasteiger partial charge in [0.2, 0.25) is 5.91 Å². The molecule has 0 atom stereocenters. The summed E-state index contributed by atoms with van der Waals surface area (Å²) in [7, 11) is 1.64. The molecule has 5 heteroatoms. The first-order chi connectivity index (χ1) is 10.5. The largest absolute Gasteiger partial charge is 0.491 e. The van der Waals surface area contributed by atoms with E-state index in [4.69, 9.17) is 15.2 Å². The molecule has 1 aliphatic rings. The van der Waals surface area contributed by atoms with Gasteiger partial charge >= 0.3 is 0 Å². The van der Waals surface area contributed by atoms with Crippen molar-refractivity contribution in [2.75, 3.05) is 20.3 Å². The fourth-order valence-corrected chi connectivity index (χ4v) is 2.76. The average molecular weight is 306 g/mol. The van der Waals surface area contributed by atoms with Gasteiger partial charge in [0, 0.05) is 19.2 Å². The van der Waals surface area contributed by atoms with E-state index in [1.807, 2.05) is 25.1 Å². The highest BCUT2D eigenvalue weighted by atomic mass is 16.5. The molecule has 0 radical (unpaired) electrons. The summed E-state index contributed by atoms with van der Waals surface area (Å²) in [4.78, 5) is 12.3. The monoisotopic (exact) mass is 306 g/mol. The van der Waals surface area contributed by atoms with E-state index < -0.39 is 5.54 Å². The van der Waals surface area contributed by atoms with E-state index >= 15 is 0 Å². The summed E-state index contributed by atoms with van der Waals surface area (Å²) < 4.78 is 10.7. The molecule has 22 heavy (non-hydrogen) atoms. The van der Waals surface area contributed by atoms with Crippen LogP contribution in [0.3, 0.4) is 0 Å². The minimum Gasteiger partial charge on any atom is -0.491 e. The number of carbonyl (C=O) groups is 1. The van der Waals surface area contributed by atoms with Crippen molar-refractivity contribution in [2.45, 2.75) is 44.7 Å². The summed E-state index contributed by atoms with van der Waals surface area (Å²) in [5, 5.41) is 2.96. The molecule has 0 saturated heterocycles. The van der Waals surface area contributed by atoms with Crippen molar-refractivity contribution in [3.8, 4) is 5.75 Å². The highest BCUT2D eigenvalue weighted by molar-refractivity contribution is 5.86. The number of aryl methyl sites for hydroxylation is 1. The lowest BCUT2D eigenvalue weighted by Crippen LogP contribution is -2.51.